The molecule has 6 heteroatoms. The minimum atomic E-state index is -1.15. The van der Waals surface area contributed by atoms with E-state index in [1.807, 2.05) is 0 Å². The van der Waals surface area contributed by atoms with E-state index in [-0.39, 0.29) is 23.6 Å². The van der Waals surface area contributed by atoms with Gasteiger partial charge >= 0.3 is 5.97 Å². The van der Waals surface area contributed by atoms with E-state index < -0.39 is 12.6 Å². The van der Waals surface area contributed by atoms with Crippen molar-refractivity contribution in [2.45, 2.75) is 0 Å². The lowest BCUT2D eigenvalue weighted by atomic mass is 10.2. The quantitative estimate of drug-likeness (QED) is 0.665. The number of nitrogens with one attached hydrogen (secondary N) is 1. The minimum absolute atomic E-state index is 0.0250. The minimum Gasteiger partial charge on any atom is -0.478 e. The van der Waals surface area contributed by atoms with Gasteiger partial charge in [0.25, 0.3) is 0 Å². The molecule has 1 aromatic heterocycles. The topological polar surface area (TPSA) is 88.2 Å². The number of carboxylic acids is 1. The zero-order valence-electron chi connectivity index (χ0n) is 7.33. The third-order valence-electron chi connectivity index (χ3n) is 1.53. The fourth-order valence-electron chi connectivity index (χ4n) is 0.950. The van der Waals surface area contributed by atoms with Crippen LogP contribution in [0.15, 0.2) is 12.3 Å². The fourth-order valence-corrected chi connectivity index (χ4v) is 0.950. The Morgan fingerprint density at radius 2 is 2.43 bits per heavy atom. The van der Waals surface area contributed by atoms with Crippen LogP contribution in [0, 0.1) is 0 Å². The average Bonchev–Trinajstić information content (AvgIpc) is 2.15. The van der Waals surface area contributed by atoms with Crippen molar-refractivity contribution >= 4 is 17.5 Å². The zero-order valence-corrected chi connectivity index (χ0v) is 7.33. The van der Waals surface area contributed by atoms with Gasteiger partial charge in [-0.05, 0) is 6.07 Å². The van der Waals surface area contributed by atoms with E-state index in [0.717, 1.165) is 0 Å². The molecule has 0 amide bonds. The molecule has 0 aromatic carbocycles. The van der Waals surface area contributed by atoms with Gasteiger partial charge in [-0.1, -0.05) is 0 Å². The number of aromatic carboxylic acids is 1. The molecule has 0 atom stereocenters. The summed E-state index contributed by atoms with van der Waals surface area (Å²) in [5.74, 6) is -1.02. The van der Waals surface area contributed by atoms with Gasteiger partial charge in [-0.2, -0.15) is 0 Å². The van der Waals surface area contributed by atoms with Crippen LogP contribution < -0.4 is 11.1 Å². The molecule has 1 heterocycles. The van der Waals surface area contributed by atoms with Crippen LogP contribution >= 0.6 is 0 Å². The van der Waals surface area contributed by atoms with Gasteiger partial charge in [0, 0.05) is 6.54 Å². The Kier molecular flexibility index (Phi) is 3.22. The molecule has 0 saturated heterocycles. The fraction of sp³-hybridized carbons (Fsp3) is 0.250. The van der Waals surface area contributed by atoms with Crippen LogP contribution in [0.5, 0.6) is 0 Å². The lowest BCUT2D eigenvalue weighted by Crippen LogP contribution is -2.11. The van der Waals surface area contributed by atoms with Gasteiger partial charge in [0.05, 0.1) is 11.9 Å². The van der Waals surface area contributed by atoms with E-state index in [4.69, 9.17) is 10.8 Å². The number of aromatic nitrogens is 1. The Bertz CT molecular complexity index is 343. The van der Waals surface area contributed by atoms with E-state index in [2.05, 4.69) is 10.3 Å². The molecular weight excluding hydrogens is 189 g/mol. The second-order valence-electron chi connectivity index (χ2n) is 2.59. The summed E-state index contributed by atoms with van der Waals surface area (Å²) in [7, 11) is 0. The highest BCUT2D eigenvalue weighted by Crippen LogP contribution is 2.14. The summed E-state index contributed by atoms with van der Waals surface area (Å²) >= 11 is 0. The number of anilines is 2. The standard InChI is InChI=1S/C8H10FN3O2/c9-1-2-11-7-6(8(13)14)3-5(10)4-12-7/h3-4H,1-2,10H2,(H,11,12)(H,13,14). The number of alkyl halides is 1. The van der Waals surface area contributed by atoms with Crippen molar-refractivity contribution in [3.63, 3.8) is 0 Å². The normalized spacial score (nSPS) is 9.79. The summed E-state index contributed by atoms with van der Waals surface area (Å²) < 4.78 is 11.8. The van der Waals surface area contributed by atoms with E-state index >= 15 is 0 Å². The van der Waals surface area contributed by atoms with Crippen molar-refractivity contribution in [2.75, 3.05) is 24.3 Å². The monoisotopic (exact) mass is 199 g/mol. The lowest BCUT2D eigenvalue weighted by Gasteiger charge is -2.06. The molecule has 1 rings (SSSR count). The summed E-state index contributed by atoms with van der Waals surface area (Å²) in [4.78, 5) is 14.5. The number of nitrogens with zero attached hydrogens (tertiary/aromatic N) is 1. The molecule has 0 bridgehead atoms. The van der Waals surface area contributed by atoms with Crippen molar-refractivity contribution in [3.8, 4) is 0 Å². The first-order chi connectivity index (χ1) is 6.65. The number of carboxylic acid groups (broad SMARTS) is 1. The van der Waals surface area contributed by atoms with E-state index in [0.29, 0.717) is 0 Å². The van der Waals surface area contributed by atoms with Crippen LogP contribution in [0.2, 0.25) is 0 Å². The lowest BCUT2D eigenvalue weighted by molar-refractivity contribution is 0.0697. The summed E-state index contributed by atoms with van der Waals surface area (Å²) in [6.07, 6.45) is 1.31. The Balaban J connectivity index is 2.96. The van der Waals surface area contributed by atoms with Gasteiger partial charge in [0.2, 0.25) is 0 Å². The number of pyridine rings is 1. The number of carbonyl (C=O) groups is 1. The van der Waals surface area contributed by atoms with Crippen molar-refractivity contribution in [3.05, 3.63) is 17.8 Å². The Morgan fingerprint density at radius 3 is 3.00 bits per heavy atom. The van der Waals surface area contributed by atoms with Crippen LogP contribution in [0.3, 0.4) is 0 Å². The van der Waals surface area contributed by atoms with Gasteiger partial charge in [-0.3, -0.25) is 0 Å². The molecule has 5 nitrogen and oxygen atoms in total. The van der Waals surface area contributed by atoms with Gasteiger partial charge in [0.15, 0.2) is 0 Å². The van der Waals surface area contributed by atoms with E-state index in [9.17, 15) is 9.18 Å². The second kappa shape index (κ2) is 4.40. The van der Waals surface area contributed by atoms with Gasteiger partial charge in [-0.15, -0.1) is 0 Å². The molecular formula is C8H10FN3O2. The highest BCUT2D eigenvalue weighted by atomic mass is 19.1. The highest BCUT2D eigenvalue weighted by molar-refractivity contribution is 5.94. The molecule has 0 fully saturated rings. The highest BCUT2D eigenvalue weighted by Gasteiger charge is 2.11. The predicted octanol–water partition coefficient (Wildman–Crippen LogP) is 0.743. The number of hydrogen-bond donors (Lipinski definition) is 3. The maximum absolute atomic E-state index is 11.8. The molecule has 0 unspecified atom stereocenters. The number of hydrogen-bond acceptors (Lipinski definition) is 4. The summed E-state index contributed by atoms with van der Waals surface area (Å²) in [5.41, 5.74) is 5.57. The van der Waals surface area contributed by atoms with E-state index in [1.165, 1.54) is 12.3 Å². The average molecular weight is 199 g/mol. The summed E-state index contributed by atoms with van der Waals surface area (Å²) in [6, 6.07) is 1.27. The van der Waals surface area contributed by atoms with E-state index in [1.54, 1.807) is 0 Å². The summed E-state index contributed by atoms with van der Waals surface area (Å²) in [5, 5.41) is 11.3. The SMILES string of the molecule is Nc1cnc(NCCF)c(C(=O)O)c1. The van der Waals surface area contributed by atoms with Crippen LogP contribution in [-0.4, -0.2) is 29.3 Å². The van der Waals surface area contributed by atoms with Gasteiger partial charge < -0.3 is 16.2 Å². The van der Waals surface area contributed by atoms with Gasteiger partial charge in [-0.25, -0.2) is 14.2 Å². The molecule has 1 aromatic rings. The molecule has 76 valence electrons. The molecule has 0 aliphatic rings. The smallest absolute Gasteiger partial charge is 0.339 e. The van der Waals surface area contributed by atoms with Crippen molar-refractivity contribution in [2.24, 2.45) is 0 Å². The maximum Gasteiger partial charge on any atom is 0.339 e. The van der Waals surface area contributed by atoms with Crippen molar-refractivity contribution < 1.29 is 14.3 Å². The zero-order chi connectivity index (χ0) is 10.6. The van der Waals surface area contributed by atoms with Crippen molar-refractivity contribution in [1.82, 2.24) is 4.98 Å². The summed E-state index contributed by atoms with van der Waals surface area (Å²) in [6.45, 7) is -0.567. The number of nitrogen functional groups attached to an aromatic ring is 1. The molecule has 14 heavy (non-hydrogen) atoms. The molecule has 0 spiro atoms. The molecule has 4 N–H and O–H groups in total. The predicted molar refractivity (Wildman–Crippen MR) is 50.1 cm³/mol. The molecule has 0 radical (unpaired) electrons. The third kappa shape index (κ3) is 2.32. The Hall–Kier alpha value is -1.85. The first-order valence-corrected chi connectivity index (χ1v) is 3.94. The largest absolute Gasteiger partial charge is 0.478 e. The van der Waals surface area contributed by atoms with Crippen LogP contribution in [-0.2, 0) is 0 Å². The van der Waals surface area contributed by atoms with Gasteiger partial charge in [0.1, 0.15) is 18.1 Å². The van der Waals surface area contributed by atoms with Crippen molar-refractivity contribution in [1.29, 1.82) is 0 Å². The number of halogens is 1. The van der Waals surface area contributed by atoms with Crippen LogP contribution in [0.1, 0.15) is 10.4 Å². The number of nitrogens with two attached hydrogens (primary N) is 1. The number of rotatable bonds is 4. The van der Waals surface area contributed by atoms with Crippen LogP contribution in [0.4, 0.5) is 15.9 Å². The van der Waals surface area contributed by atoms with Crippen LogP contribution in [0.25, 0.3) is 0 Å². The Labute approximate surface area is 79.8 Å². The molecule has 0 aliphatic carbocycles. The molecule has 0 saturated carbocycles. The Morgan fingerprint density at radius 1 is 1.71 bits per heavy atom. The third-order valence-corrected chi connectivity index (χ3v) is 1.53. The maximum atomic E-state index is 11.8. The first kappa shape index (κ1) is 10.2. The first-order valence-electron chi connectivity index (χ1n) is 3.94. The second-order valence-corrected chi connectivity index (χ2v) is 2.59. The molecule has 0 aliphatic heterocycles.